The fourth-order valence-corrected chi connectivity index (χ4v) is 2.74. The average molecular weight is 313 g/mol. The molecule has 0 radical (unpaired) electrons. The minimum atomic E-state index is -0.474. The molecule has 0 fully saturated rings. The van der Waals surface area contributed by atoms with Crippen molar-refractivity contribution in [2.45, 2.75) is 51.9 Å². The highest BCUT2D eigenvalue weighted by molar-refractivity contribution is 5.37. The van der Waals surface area contributed by atoms with E-state index in [2.05, 4.69) is 38.1 Å². The lowest BCUT2D eigenvalue weighted by molar-refractivity contribution is 0.134. The Kier molecular flexibility index (Phi) is 6.20. The highest BCUT2D eigenvalue weighted by Gasteiger charge is 2.17. The highest BCUT2D eigenvalue weighted by atomic mass is 16.5. The molecule has 0 heterocycles. The molecule has 3 unspecified atom stereocenters. The molecule has 2 aromatic carbocycles. The van der Waals surface area contributed by atoms with Crippen LogP contribution in [-0.2, 0) is 6.61 Å². The average Bonchev–Trinajstić information content (AvgIpc) is 2.53. The molecule has 0 saturated carbocycles. The summed E-state index contributed by atoms with van der Waals surface area (Å²) in [6.07, 6.45) is 0.196. The van der Waals surface area contributed by atoms with E-state index in [0.717, 1.165) is 11.3 Å². The number of aliphatic hydroxyl groups is 1. The summed E-state index contributed by atoms with van der Waals surface area (Å²) < 4.78 is 5.86. The van der Waals surface area contributed by atoms with Gasteiger partial charge in [-0.15, -0.1) is 0 Å². The summed E-state index contributed by atoms with van der Waals surface area (Å²) in [5.41, 5.74) is 9.32. The van der Waals surface area contributed by atoms with E-state index in [1.807, 2.05) is 31.2 Å². The maximum atomic E-state index is 9.96. The lowest BCUT2D eigenvalue weighted by Gasteiger charge is -2.21. The fourth-order valence-electron chi connectivity index (χ4n) is 2.74. The number of rotatable bonds is 7. The third-order valence-electron chi connectivity index (χ3n) is 4.22. The summed E-state index contributed by atoms with van der Waals surface area (Å²) in [5.74, 6) is 1.13. The van der Waals surface area contributed by atoms with Crippen LogP contribution in [0, 0.1) is 6.92 Å². The first-order valence-electron chi connectivity index (χ1n) is 8.18. The van der Waals surface area contributed by atoms with E-state index < -0.39 is 6.10 Å². The SMILES string of the molecule is Cc1cc(OCc2ccccc2)ccc1C(C)CC(O)C(C)N. The largest absolute Gasteiger partial charge is 0.489 e. The summed E-state index contributed by atoms with van der Waals surface area (Å²) in [4.78, 5) is 0. The number of hydrogen-bond acceptors (Lipinski definition) is 3. The van der Waals surface area contributed by atoms with Crippen molar-refractivity contribution in [3.8, 4) is 5.75 Å². The monoisotopic (exact) mass is 313 g/mol. The van der Waals surface area contributed by atoms with Gasteiger partial charge in [-0.2, -0.15) is 0 Å². The van der Waals surface area contributed by atoms with Crippen molar-refractivity contribution in [3.63, 3.8) is 0 Å². The van der Waals surface area contributed by atoms with Gasteiger partial charge in [0.25, 0.3) is 0 Å². The Hall–Kier alpha value is -1.84. The molecular formula is C20H27NO2. The van der Waals surface area contributed by atoms with Crippen LogP contribution in [0.3, 0.4) is 0 Å². The summed E-state index contributed by atoms with van der Waals surface area (Å²) in [6, 6.07) is 16.1. The molecule has 2 rings (SSSR count). The Labute approximate surface area is 139 Å². The maximum Gasteiger partial charge on any atom is 0.120 e. The third kappa shape index (κ3) is 5.08. The molecule has 0 aromatic heterocycles. The van der Waals surface area contributed by atoms with Crippen molar-refractivity contribution < 1.29 is 9.84 Å². The predicted octanol–water partition coefficient (Wildman–Crippen LogP) is 3.78. The molecule has 0 saturated heterocycles. The maximum absolute atomic E-state index is 9.96. The van der Waals surface area contributed by atoms with Gasteiger partial charge in [-0.25, -0.2) is 0 Å². The quantitative estimate of drug-likeness (QED) is 0.818. The smallest absolute Gasteiger partial charge is 0.120 e. The lowest BCUT2D eigenvalue weighted by Crippen LogP contribution is -2.32. The van der Waals surface area contributed by atoms with Crippen LogP contribution in [0.4, 0.5) is 0 Å². The van der Waals surface area contributed by atoms with E-state index in [9.17, 15) is 5.11 Å². The molecule has 0 aliphatic carbocycles. The topological polar surface area (TPSA) is 55.5 Å². The molecular weight excluding hydrogens is 286 g/mol. The second-order valence-electron chi connectivity index (χ2n) is 6.36. The lowest BCUT2D eigenvalue weighted by atomic mass is 9.90. The zero-order chi connectivity index (χ0) is 16.8. The fraction of sp³-hybridized carbons (Fsp3) is 0.400. The van der Waals surface area contributed by atoms with E-state index in [-0.39, 0.29) is 12.0 Å². The Morgan fingerprint density at radius 2 is 1.78 bits per heavy atom. The first-order valence-corrected chi connectivity index (χ1v) is 8.18. The molecule has 0 spiro atoms. The van der Waals surface area contributed by atoms with Crippen LogP contribution in [0.15, 0.2) is 48.5 Å². The van der Waals surface area contributed by atoms with Gasteiger partial charge < -0.3 is 15.6 Å². The van der Waals surface area contributed by atoms with E-state index in [1.54, 1.807) is 0 Å². The van der Waals surface area contributed by atoms with Crippen LogP contribution in [0.2, 0.25) is 0 Å². The van der Waals surface area contributed by atoms with Crippen molar-refractivity contribution in [2.24, 2.45) is 5.73 Å². The molecule has 124 valence electrons. The van der Waals surface area contributed by atoms with Crippen LogP contribution in [0.1, 0.15) is 42.9 Å². The summed E-state index contributed by atoms with van der Waals surface area (Å²) in [5, 5.41) is 9.96. The minimum Gasteiger partial charge on any atom is -0.489 e. The number of ether oxygens (including phenoxy) is 1. The van der Waals surface area contributed by atoms with Gasteiger partial charge in [0.2, 0.25) is 0 Å². The van der Waals surface area contributed by atoms with Gasteiger partial charge in [-0.05, 0) is 55.0 Å². The standard InChI is InChI=1S/C20H27NO2/c1-14-11-18(23-13-17-7-5-4-6-8-17)9-10-19(14)15(2)12-20(22)16(3)21/h4-11,15-16,20,22H,12-13,21H2,1-3H3. The van der Waals surface area contributed by atoms with Crippen LogP contribution >= 0.6 is 0 Å². The molecule has 0 bridgehead atoms. The summed E-state index contributed by atoms with van der Waals surface area (Å²) in [7, 11) is 0. The number of aryl methyl sites for hydroxylation is 1. The molecule has 3 nitrogen and oxygen atoms in total. The molecule has 3 heteroatoms. The zero-order valence-corrected chi connectivity index (χ0v) is 14.2. The first kappa shape index (κ1) is 17.5. The Bertz CT molecular complexity index is 610. The van der Waals surface area contributed by atoms with Crippen molar-refractivity contribution >= 4 is 0 Å². The van der Waals surface area contributed by atoms with Crippen molar-refractivity contribution in [2.75, 3.05) is 0 Å². The third-order valence-corrected chi connectivity index (χ3v) is 4.22. The summed E-state index contributed by atoms with van der Waals surface area (Å²) >= 11 is 0. The van der Waals surface area contributed by atoms with Crippen LogP contribution in [0.5, 0.6) is 5.75 Å². The van der Waals surface area contributed by atoms with Crippen LogP contribution in [-0.4, -0.2) is 17.3 Å². The van der Waals surface area contributed by atoms with E-state index in [0.29, 0.717) is 13.0 Å². The van der Waals surface area contributed by atoms with E-state index in [4.69, 9.17) is 10.5 Å². The van der Waals surface area contributed by atoms with Crippen molar-refractivity contribution in [1.82, 2.24) is 0 Å². The number of aliphatic hydroxyl groups excluding tert-OH is 1. The van der Waals surface area contributed by atoms with Gasteiger partial charge in [0.05, 0.1) is 6.10 Å². The van der Waals surface area contributed by atoms with Gasteiger partial charge in [0.1, 0.15) is 12.4 Å². The zero-order valence-electron chi connectivity index (χ0n) is 14.2. The van der Waals surface area contributed by atoms with Gasteiger partial charge in [0.15, 0.2) is 0 Å². The van der Waals surface area contributed by atoms with E-state index >= 15 is 0 Å². The molecule has 0 aliphatic rings. The minimum absolute atomic E-state index is 0.203. The number of hydrogen-bond donors (Lipinski definition) is 2. The van der Waals surface area contributed by atoms with Crippen LogP contribution < -0.4 is 10.5 Å². The van der Waals surface area contributed by atoms with Crippen molar-refractivity contribution in [3.05, 3.63) is 65.2 Å². The normalized spacial score (nSPS) is 15.0. The molecule has 3 N–H and O–H groups in total. The van der Waals surface area contributed by atoms with E-state index in [1.165, 1.54) is 11.1 Å². The molecule has 2 aromatic rings. The number of nitrogens with two attached hydrogens (primary N) is 1. The van der Waals surface area contributed by atoms with Crippen molar-refractivity contribution in [1.29, 1.82) is 0 Å². The molecule has 0 amide bonds. The molecule has 0 aliphatic heterocycles. The highest BCUT2D eigenvalue weighted by Crippen LogP contribution is 2.27. The van der Waals surface area contributed by atoms with Gasteiger partial charge in [0, 0.05) is 6.04 Å². The van der Waals surface area contributed by atoms with Gasteiger partial charge >= 0.3 is 0 Å². The molecule has 3 atom stereocenters. The Morgan fingerprint density at radius 3 is 2.39 bits per heavy atom. The van der Waals surface area contributed by atoms with Crippen LogP contribution in [0.25, 0.3) is 0 Å². The van der Waals surface area contributed by atoms with Gasteiger partial charge in [-0.1, -0.05) is 43.3 Å². The molecule has 23 heavy (non-hydrogen) atoms. The number of benzene rings is 2. The Morgan fingerprint density at radius 1 is 1.09 bits per heavy atom. The second kappa shape index (κ2) is 8.14. The summed E-state index contributed by atoms with van der Waals surface area (Å²) in [6.45, 7) is 6.61. The predicted molar refractivity (Wildman–Crippen MR) is 94.6 cm³/mol. The first-order chi connectivity index (χ1) is 11.0. The second-order valence-corrected chi connectivity index (χ2v) is 6.36. The van der Waals surface area contributed by atoms with Gasteiger partial charge in [-0.3, -0.25) is 0 Å². The Balaban J connectivity index is 2.00.